The van der Waals surface area contributed by atoms with Crippen LogP contribution < -0.4 is 4.72 Å². The molecule has 1 unspecified atom stereocenters. The molecule has 0 aliphatic rings. The third-order valence-electron chi connectivity index (χ3n) is 2.41. The Morgan fingerprint density at radius 1 is 1.56 bits per heavy atom. The highest BCUT2D eigenvalue weighted by Crippen LogP contribution is 2.26. The molecule has 0 aliphatic carbocycles. The summed E-state index contributed by atoms with van der Waals surface area (Å²) in [4.78, 5) is 0.655. The largest absolute Gasteiger partial charge is 0.391 e. The van der Waals surface area contributed by atoms with Gasteiger partial charge in [-0.2, -0.15) is 0 Å². The maximum Gasteiger partial charge on any atom is 0.242 e. The van der Waals surface area contributed by atoms with Crippen LogP contribution in [0.25, 0.3) is 0 Å². The number of hydrogen-bond donors (Lipinski definition) is 2. The first-order valence-electron chi connectivity index (χ1n) is 5.71. The van der Waals surface area contributed by atoms with Gasteiger partial charge in [0.25, 0.3) is 0 Å². The van der Waals surface area contributed by atoms with Crippen LogP contribution in [0.2, 0.25) is 0 Å². The quantitative estimate of drug-likeness (QED) is 0.793. The average Bonchev–Trinajstić information content (AvgIpc) is 2.69. The minimum atomic E-state index is -3.58. The molecule has 0 aliphatic heterocycles. The molecule has 0 saturated heterocycles. The third kappa shape index (κ3) is 3.76. The van der Waals surface area contributed by atoms with Gasteiger partial charge in [-0.3, -0.25) is 0 Å². The maximum absolute atomic E-state index is 12.1. The molecule has 0 spiro atoms. The van der Waals surface area contributed by atoms with E-state index in [0.29, 0.717) is 17.0 Å². The Labute approximate surface area is 112 Å². The second kappa shape index (κ2) is 6.63. The second-order valence-corrected chi connectivity index (χ2v) is 6.61. The van der Waals surface area contributed by atoms with Gasteiger partial charge in [0.05, 0.1) is 17.6 Å². The van der Waals surface area contributed by atoms with Gasteiger partial charge >= 0.3 is 0 Å². The molecule has 0 aromatic carbocycles. The molecule has 1 atom stereocenters. The van der Waals surface area contributed by atoms with Crippen molar-refractivity contribution in [2.75, 3.05) is 13.2 Å². The van der Waals surface area contributed by atoms with Gasteiger partial charge in [0, 0.05) is 13.2 Å². The highest BCUT2D eigenvalue weighted by molar-refractivity contribution is 7.89. The minimum absolute atomic E-state index is 0.179. The predicted molar refractivity (Wildman–Crippen MR) is 71.3 cm³/mol. The molecule has 1 aromatic heterocycles. The molecular weight excluding hydrogens is 274 g/mol. The van der Waals surface area contributed by atoms with E-state index in [1.54, 1.807) is 19.2 Å². The summed E-state index contributed by atoms with van der Waals surface area (Å²) in [6.45, 7) is 5.88. The van der Waals surface area contributed by atoms with Crippen LogP contribution in [-0.2, 0) is 21.4 Å². The molecule has 1 heterocycles. The van der Waals surface area contributed by atoms with Gasteiger partial charge in [-0.1, -0.05) is 0 Å². The highest BCUT2D eigenvalue weighted by atomic mass is 32.2. The Hall–Kier alpha value is -0.470. The fourth-order valence-corrected chi connectivity index (χ4v) is 4.37. The number of sulfonamides is 1. The maximum atomic E-state index is 12.1. The van der Waals surface area contributed by atoms with Gasteiger partial charge in [0.15, 0.2) is 0 Å². The van der Waals surface area contributed by atoms with Crippen LogP contribution in [0.5, 0.6) is 0 Å². The number of thiophene rings is 1. The first kappa shape index (κ1) is 15.6. The molecule has 1 aromatic rings. The van der Waals surface area contributed by atoms with Crippen LogP contribution >= 0.6 is 11.3 Å². The molecule has 18 heavy (non-hydrogen) atoms. The Morgan fingerprint density at radius 2 is 2.22 bits per heavy atom. The molecule has 0 amide bonds. The number of rotatable bonds is 7. The normalized spacial score (nSPS) is 13.8. The molecule has 7 heteroatoms. The molecule has 1 rings (SSSR count). The molecule has 104 valence electrons. The van der Waals surface area contributed by atoms with Crippen molar-refractivity contribution in [3.8, 4) is 0 Å². The third-order valence-corrected chi connectivity index (χ3v) is 5.28. The standard InChI is InChI=1S/C11H19NO4S2/c1-4-16-9(3)5-12-18(14,15)11-8(2)7-17-10(11)6-13/h7,9,12-13H,4-6H2,1-3H3. The van der Waals surface area contributed by atoms with Crippen molar-refractivity contribution in [3.63, 3.8) is 0 Å². The van der Waals surface area contributed by atoms with E-state index in [2.05, 4.69) is 4.72 Å². The lowest BCUT2D eigenvalue weighted by Gasteiger charge is -2.13. The van der Waals surface area contributed by atoms with Crippen molar-refractivity contribution in [1.82, 2.24) is 4.72 Å². The zero-order chi connectivity index (χ0) is 13.8. The first-order chi connectivity index (χ1) is 8.42. The molecule has 0 bridgehead atoms. The van der Waals surface area contributed by atoms with E-state index in [4.69, 9.17) is 9.84 Å². The van der Waals surface area contributed by atoms with Crippen LogP contribution in [0.3, 0.4) is 0 Å². The Bertz CT molecular complexity index is 481. The van der Waals surface area contributed by atoms with Crippen LogP contribution in [0.15, 0.2) is 10.3 Å². The van der Waals surface area contributed by atoms with E-state index in [9.17, 15) is 8.42 Å². The van der Waals surface area contributed by atoms with Crippen molar-refractivity contribution in [1.29, 1.82) is 0 Å². The Balaban J connectivity index is 2.83. The van der Waals surface area contributed by atoms with E-state index >= 15 is 0 Å². The summed E-state index contributed by atoms with van der Waals surface area (Å²) in [7, 11) is -3.58. The number of nitrogens with one attached hydrogen (secondary N) is 1. The van der Waals surface area contributed by atoms with E-state index in [-0.39, 0.29) is 24.2 Å². The lowest BCUT2D eigenvalue weighted by Crippen LogP contribution is -2.32. The van der Waals surface area contributed by atoms with Gasteiger partial charge < -0.3 is 9.84 Å². The summed E-state index contributed by atoms with van der Waals surface area (Å²) >= 11 is 1.25. The lowest BCUT2D eigenvalue weighted by molar-refractivity contribution is 0.0799. The van der Waals surface area contributed by atoms with Gasteiger partial charge in [-0.25, -0.2) is 13.1 Å². The van der Waals surface area contributed by atoms with Crippen molar-refractivity contribution in [3.05, 3.63) is 15.8 Å². The molecule has 0 fully saturated rings. The molecule has 5 nitrogen and oxygen atoms in total. The zero-order valence-corrected chi connectivity index (χ0v) is 12.4. The number of aliphatic hydroxyl groups excluding tert-OH is 1. The van der Waals surface area contributed by atoms with Gasteiger partial charge in [-0.15, -0.1) is 11.3 Å². The number of aliphatic hydroxyl groups is 1. The van der Waals surface area contributed by atoms with Gasteiger partial charge in [0.2, 0.25) is 10.0 Å². The monoisotopic (exact) mass is 293 g/mol. The van der Waals surface area contributed by atoms with Crippen molar-refractivity contribution >= 4 is 21.4 Å². The van der Waals surface area contributed by atoms with Gasteiger partial charge in [0.1, 0.15) is 4.90 Å². The topological polar surface area (TPSA) is 75.6 Å². The van der Waals surface area contributed by atoms with Crippen LogP contribution in [0.4, 0.5) is 0 Å². The summed E-state index contributed by atoms with van der Waals surface area (Å²) in [6, 6.07) is 0. The summed E-state index contributed by atoms with van der Waals surface area (Å²) in [6.07, 6.45) is -0.179. The fraction of sp³-hybridized carbons (Fsp3) is 0.636. The fourth-order valence-electron chi connectivity index (χ4n) is 1.60. The summed E-state index contributed by atoms with van der Waals surface area (Å²) in [5.41, 5.74) is 0.653. The summed E-state index contributed by atoms with van der Waals surface area (Å²) in [5.74, 6) is 0. The van der Waals surface area contributed by atoms with Crippen LogP contribution in [0.1, 0.15) is 24.3 Å². The molecule has 0 saturated carbocycles. The van der Waals surface area contributed by atoms with E-state index < -0.39 is 10.0 Å². The number of aryl methyl sites for hydroxylation is 1. The average molecular weight is 293 g/mol. The first-order valence-corrected chi connectivity index (χ1v) is 8.07. The van der Waals surface area contributed by atoms with Gasteiger partial charge in [-0.05, 0) is 31.7 Å². The minimum Gasteiger partial charge on any atom is -0.391 e. The van der Waals surface area contributed by atoms with Crippen molar-refractivity contribution in [2.45, 2.75) is 38.4 Å². The smallest absolute Gasteiger partial charge is 0.242 e. The highest BCUT2D eigenvalue weighted by Gasteiger charge is 2.22. The Kier molecular flexibility index (Phi) is 5.74. The number of ether oxygens (including phenoxy) is 1. The van der Waals surface area contributed by atoms with Crippen molar-refractivity contribution in [2.24, 2.45) is 0 Å². The Morgan fingerprint density at radius 3 is 2.78 bits per heavy atom. The van der Waals surface area contributed by atoms with Crippen molar-refractivity contribution < 1.29 is 18.3 Å². The van der Waals surface area contributed by atoms with Crippen LogP contribution in [0, 0.1) is 6.92 Å². The van der Waals surface area contributed by atoms with E-state index in [0.717, 1.165) is 0 Å². The number of hydrogen-bond acceptors (Lipinski definition) is 5. The predicted octanol–water partition coefficient (Wildman–Crippen LogP) is 1.25. The summed E-state index contributed by atoms with van der Waals surface area (Å²) in [5, 5.41) is 10.9. The molecule has 0 radical (unpaired) electrons. The van der Waals surface area contributed by atoms with E-state index in [1.165, 1.54) is 11.3 Å². The van der Waals surface area contributed by atoms with Crippen LogP contribution in [-0.4, -0.2) is 32.8 Å². The summed E-state index contributed by atoms with van der Waals surface area (Å²) < 4.78 is 32.0. The lowest BCUT2D eigenvalue weighted by atomic mass is 10.3. The SMILES string of the molecule is CCOC(C)CNS(=O)(=O)c1c(C)csc1CO. The van der Waals surface area contributed by atoms with E-state index in [1.807, 2.05) is 6.92 Å². The molecular formula is C11H19NO4S2. The molecule has 2 N–H and O–H groups in total. The zero-order valence-electron chi connectivity index (χ0n) is 10.8. The second-order valence-electron chi connectivity index (χ2n) is 3.95.